The molecular weight excluding hydrogens is 433 g/mol. The Morgan fingerprint density at radius 1 is 1.24 bits per heavy atom. The van der Waals surface area contributed by atoms with Crippen molar-refractivity contribution in [3.63, 3.8) is 0 Å². The first kappa shape index (κ1) is 20.4. The molecule has 3 heterocycles. The maximum absolute atomic E-state index is 11.7. The van der Waals surface area contributed by atoms with E-state index in [1.807, 2.05) is 24.0 Å². The molecule has 0 spiro atoms. The second-order valence-electron chi connectivity index (χ2n) is 6.98. The quantitative estimate of drug-likeness (QED) is 0.652. The number of hydrogen-bond donors (Lipinski definition) is 1. The monoisotopic (exact) mass is 453 g/mol. The van der Waals surface area contributed by atoms with E-state index in [2.05, 4.69) is 15.0 Å². The summed E-state index contributed by atoms with van der Waals surface area (Å²) >= 11 is 13.8. The number of carbonyl (C=O) groups excluding carboxylic acids is 1. The summed E-state index contributed by atoms with van der Waals surface area (Å²) in [7, 11) is 0. The highest BCUT2D eigenvalue weighted by atomic mass is 35.5. The van der Waals surface area contributed by atoms with Crippen LogP contribution in [0, 0.1) is 0 Å². The Hall–Kier alpha value is -1.87. The van der Waals surface area contributed by atoms with Crippen molar-refractivity contribution in [2.75, 3.05) is 26.2 Å². The average molecular weight is 454 g/mol. The Morgan fingerprint density at radius 2 is 1.97 bits per heavy atom. The molecule has 10 heteroatoms. The standard InChI is InChI=1S/C19H21Cl2N5O2S/c1-3-15-22-19-26(23-15)18(28)17(29-19)16(12-4-5-13(20)14(21)10-12)25-8-6-24(7-9-25)11(2)27/h4-5,10,16,28H,3,6-9H2,1-2H3. The molecule has 3 aromatic rings. The number of aromatic nitrogens is 3. The predicted molar refractivity (Wildman–Crippen MR) is 114 cm³/mol. The van der Waals surface area contributed by atoms with E-state index < -0.39 is 0 Å². The van der Waals surface area contributed by atoms with E-state index in [0.717, 1.165) is 10.4 Å². The normalized spacial score (nSPS) is 16.5. The number of aryl methyl sites for hydroxylation is 1. The van der Waals surface area contributed by atoms with Crippen LogP contribution in [0.5, 0.6) is 5.88 Å². The molecule has 1 atom stereocenters. The van der Waals surface area contributed by atoms with Crippen molar-refractivity contribution in [2.24, 2.45) is 0 Å². The van der Waals surface area contributed by atoms with Crippen molar-refractivity contribution in [3.05, 3.63) is 44.5 Å². The van der Waals surface area contributed by atoms with Gasteiger partial charge in [0, 0.05) is 39.5 Å². The summed E-state index contributed by atoms with van der Waals surface area (Å²) in [6.45, 7) is 6.19. The molecule has 0 saturated carbocycles. The zero-order valence-electron chi connectivity index (χ0n) is 16.1. The number of piperazine rings is 1. The van der Waals surface area contributed by atoms with Crippen molar-refractivity contribution >= 4 is 45.4 Å². The summed E-state index contributed by atoms with van der Waals surface area (Å²) in [6.07, 6.45) is 0.701. The molecule has 0 bridgehead atoms. The third kappa shape index (κ3) is 3.82. The van der Waals surface area contributed by atoms with Crippen LogP contribution >= 0.6 is 34.5 Å². The minimum Gasteiger partial charge on any atom is -0.492 e. The van der Waals surface area contributed by atoms with Gasteiger partial charge in [-0.2, -0.15) is 4.52 Å². The zero-order chi connectivity index (χ0) is 20.7. The lowest BCUT2D eigenvalue weighted by Gasteiger charge is -2.38. The first-order valence-electron chi connectivity index (χ1n) is 9.40. The van der Waals surface area contributed by atoms with Crippen LogP contribution < -0.4 is 0 Å². The van der Waals surface area contributed by atoms with Crippen LogP contribution in [0.2, 0.25) is 10.0 Å². The van der Waals surface area contributed by atoms with Crippen molar-refractivity contribution in [1.82, 2.24) is 24.4 Å². The van der Waals surface area contributed by atoms with Gasteiger partial charge in [-0.05, 0) is 17.7 Å². The molecule has 29 heavy (non-hydrogen) atoms. The fourth-order valence-corrected chi connectivity index (χ4v) is 5.07. The fraction of sp³-hybridized carbons (Fsp3) is 0.421. The van der Waals surface area contributed by atoms with E-state index >= 15 is 0 Å². The van der Waals surface area contributed by atoms with Gasteiger partial charge >= 0.3 is 0 Å². The number of halogens is 2. The Kier molecular flexibility index (Phi) is 5.70. The van der Waals surface area contributed by atoms with Crippen LogP contribution in [0.4, 0.5) is 0 Å². The molecule has 7 nitrogen and oxygen atoms in total. The Balaban J connectivity index is 1.76. The lowest BCUT2D eigenvalue weighted by Crippen LogP contribution is -2.49. The van der Waals surface area contributed by atoms with E-state index in [0.29, 0.717) is 53.4 Å². The number of fused-ring (bicyclic) bond motifs is 1. The average Bonchev–Trinajstić information content (AvgIpc) is 3.25. The van der Waals surface area contributed by atoms with Gasteiger partial charge in [0.25, 0.3) is 0 Å². The van der Waals surface area contributed by atoms with E-state index in [1.54, 1.807) is 13.0 Å². The second kappa shape index (κ2) is 8.10. The molecule has 1 amide bonds. The highest BCUT2D eigenvalue weighted by molar-refractivity contribution is 7.17. The minimum absolute atomic E-state index is 0.0736. The van der Waals surface area contributed by atoms with Crippen molar-refractivity contribution in [3.8, 4) is 5.88 Å². The highest BCUT2D eigenvalue weighted by Gasteiger charge is 2.32. The van der Waals surface area contributed by atoms with Gasteiger partial charge < -0.3 is 10.0 Å². The Labute approximate surface area is 182 Å². The third-order valence-electron chi connectivity index (χ3n) is 5.19. The van der Waals surface area contributed by atoms with Gasteiger partial charge in [0.05, 0.1) is 21.0 Å². The summed E-state index contributed by atoms with van der Waals surface area (Å²) in [5, 5.41) is 16.3. The van der Waals surface area contributed by atoms with E-state index in [1.165, 1.54) is 15.9 Å². The molecule has 154 valence electrons. The largest absolute Gasteiger partial charge is 0.492 e. The van der Waals surface area contributed by atoms with Gasteiger partial charge in [-0.25, -0.2) is 4.98 Å². The molecule has 1 fully saturated rings. The maximum atomic E-state index is 11.7. The summed E-state index contributed by atoms with van der Waals surface area (Å²) in [5.74, 6) is 0.853. The number of hydrogen-bond acceptors (Lipinski definition) is 6. The zero-order valence-corrected chi connectivity index (χ0v) is 18.4. The number of benzene rings is 1. The molecule has 1 aliphatic heterocycles. The summed E-state index contributed by atoms with van der Waals surface area (Å²) in [5.41, 5.74) is 0.922. The van der Waals surface area contributed by atoms with Crippen molar-refractivity contribution < 1.29 is 9.90 Å². The lowest BCUT2D eigenvalue weighted by atomic mass is 10.0. The topological polar surface area (TPSA) is 74.0 Å². The molecule has 0 radical (unpaired) electrons. The summed E-state index contributed by atoms with van der Waals surface area (Å²) in [4.78, 5) is 21.7. The predicted octanol–water partition coefficient (Wildman–Crippen LogP) is 3.62. The molecule has 1 N–H and O–H groups in total. The highest BCUT2D eigenvalue weighted by Crippen LogP contribution is 2.41. The van der Waals surface area contributed by atoms with Crippen LogP contribution in [-0.2, 0) is 11.2 Å². The minimum atomic E-state index is -0.238. The van der Waals surface area contributed by atoms with Gasteiger partial charge in [0.15, 0.2) is 5.82 Å². The Morgan fingerprint density at radius 3 is 2.55 bits per heavy atom. The van der Waals surface area contributed by atoms with Crippen LogP contribution in [0.15, 0.2) is 18.2 Å². The van der Waals surface area contributed by atoms with E-state index in [-0.39, 0.29) is 17.8 Å². The molecule has 1 unspecified atom stereocenters. The number of amides is 1. The lowest BCUT2D eigenvalue weighted by molar-refractivity contribution is -0.130. The van der Waals surface area contributed by atoms with Gasteiger partial charge in [-0.15, -0.1) is 5.10 Å². The molecule has 1 aromatic carbocycles. The summed E-state index contributed by atoms with van der Waals surface area (Å²) in [6, 6.07) is 5.28. The van der Waals surface area contributed by atoms with E-state index in [9.17, 15) is 9.90 Å². The number of thiazole rings is 1. The van der Waals surface area contributed by atoms with Gasteiger partial charge in [0.2, 0.25) is 16.7 Å². The van der Waals surface area contributed by atoms with Crippen LogP contribution in [0.3, 0.4) is 0 Å². The molecule has 2 aromatic heterocycles. The molecule has 0 aliphatic carbocycles. The molecule has 1 saturated heterocycles. The van der Waals surface area contributed by atoms with Crippen LogP contribution in [0.25, 0.3) is 4.96 Å². The maximum Gasteiger partial charge on any atom is 0.230 e. The molecule has 1 aliphatic rings. The summed E-state index contributed by atoms with van der Waals surface area (Å²) < 4.78 is 1.50. The molecule has 4 rings (SSSR count). The van der Waals surface area contributed by atoms with E-state index in [4.69, 9.17) is 23.2 Å². The Bertz CT molecular complexity index is 1060. The number of carbonyl (C=O) groups is 1. The van der Waals surface area contributed by atoms with Gasteiger partial charge in [-0.3, -0.25) is 9.69 Å². The third-order valence-corrected chi connectivity index (χ3v) is 7.00. The number of aromatic hydroxyl groups is 1. The first-order chi connectivity index (χ1) is 13.9. The van der Waals surface area contributed by atoms with Crippen molar-refractivity contribution in [1.29, 1.82) is 0 Å². The number of rotatable bonds is 4. The fourth-order valence-electron chi connectivity index (χ4n) is 3.62. The van der Waals surface area contributed by atoms with Gasteiger partial charge in [0.1, 0.15) is 0 Å². The first-order valence-corrected chi connectivity index (χ1v) is 11.0. The smallest absolute Gasteiger partial charge is 0.230 e. The van der Waals surface area contributed by atoms with Crippen molar-refractivity contribution in [2.45, 2.75) is 26.3 Å². The van der Waals surface area contributed by atoms with Crippen LogP contribution in [-0.4, -0.2) is 61.6 Å². The second-order valence-corrected chi connectivity index (χ2v) is 8.81. The number of nitrogens with zero attached hydrogens (tertiary/aromatic N) is 5. The SMILES string of the molecule is CCc1nc2sc(C(c3ccc(Cl)c(Cl)c3)N3CCN(C(C)=O)CC3)c(O)n2n1. The van der Waals surface area contributed by atoms with Crippen LogP contribution in [0.1, 0.15) is 36.2 Å². The molecular formula is C19H21Cl2N5O2S. The van der Waals surface area contributed by atoms with Gasteiger partial charge in [-0.1, -0.05) is 47.5 Å².